The van der Waals surface area contributed by atoms with E-state index in [1.54, 1.807) is 39.8 Å². The molecule has 0 aliphatic heterocycles. The molecular formula is C24H38N4O7. The Bertz CT molecular complexity index is 873. The molecule has 196 valence electrons. The fourth-order valence-corrected chi connectivity index (χ4v) is 3.24. The number of carbonyl (C=O) groups excluding carboxylic acids is 3. The van der Waals surface area contributed by atoms with Crippen LogP contribution in [0.2, 0.25) is 0 Å². The normalized spacial score (nSPS) is 16.3. The number of aliphatic carboxylic acids is 1. The largest absolute Gasteiger partial charge is 0.508 e. The van der Waals surface area contributed by atoms with Crippen LogP contribution in [0.5, 0.6) is 5.75 Å². The summed E-state index contributed by atoms with van der Waals surface area (Å²) in [6.45, 7) is 8.28. The van der Waals surface area contributed by atoms with Gasteiger partial charge in [0.15, 0.2) is 6.04 Å². The van der Waals surface area contributed by atoms with Crippen molar-refractivity contribution < 1.29 is 34.5 Å². The van der Waals surface area contributed by atoms with Crippen LogP contribution in [-0.4, -0.2) is 69.3 Å². The molecule has 0 saturated heterocycles. The van der Waals surface area contributed by atoms with Crippen LogP contribution in [0, 0.1) is 11.8 Å². The number of nitrogens with two attached hydrogens (primary N) is 1. The fourth-order valence-electron chi connectivity index (χ4n) is 3.24. The van der Waals surface area contributed by atoms with E-state index in [2.05, 4.69) is 16.0 Å². The minimum Gasteiger partial charge on any atom is -0.508 e. The number of aromatic hydroxyl groups is 1. The second-order valence-corrected chi connectivity index (χ2v) is 9.14. The molecule has 1 rings (SSSR count). The van der Waals surface area contributed by atoms with E-state index in [0.717, 1.165) is 0 Å². The number of hydrogen-bond donors (Lipinski definition) is 7. The van der Waals surface area contributed by atoms with Crippen molar-refractivity contribution in [3.63, 3.8) is 0 Å². The third-order valence-corrected chi connectivity index (χ3v) is 5.87. The smallest absolute Gasteiger partial charge is 0.328 e. The zero-order chi connectivity index (χ0) is 26.9. The van der Waals surface area contributed by atoms with Gasteiger partial charge in [-0.25, -0.2) is 4.79 Å². The summed E-state index contributed by atoms with van der Waals surface area (Å²) in [6, 6.07) is 1.47. The Morgan fingerprint density at radius 3 is 1.89 bits per heavy atom. The Morgan fingerprint density at radius 2 is 1.43 bits per heavy atom. The fraction of sp³-hybridized carbons (Fsp3) is 0.583. The Kier molecular flexibility index (Phi) is 11.6. The molecule has 1 aromatic carbocycles. The molecule has 8 N–H and O–H groups in total. The number of aliphatic hydroxyl groups excluding tert-OH is 1. The number of benzene rings is 1. The second kappa shape index (κ2) is 13.6. The van der Waals surface area contributed by atoms with Crippen molar-refractivity contribution >= 4 is 23.7 Å². The lowest BCUT2D eigenvalue weighted by Crippen LogP contribution is -2.60. The van der Waals surface area contributed by atoms with Gasteiger partial charge in [0.25, 0.3) is 0 Å². The molecule has 0 saturated carbocycles. The molecule has 0 aliphatic rings. The maximum absolute atomic E-state index is 13.3. The van der Waals surface area contributed by atoms with Crippen molar-refractivity contribution in [1.82, 2.24) is 16.0 Å². The van der Waals surface area contributed by atoms with E-state index in [0.29, 0.717) is 12.0 Å². The average Bonchev–Trinajstić information content (AvgIpc) is 2.79. The maximum Gasteiger partial charge on any atom is 0.328 e. The summed E-state index contributed by atoms with van der Waals surface area (Å²) in [7, 11) is 0. The number of carboxylic acids is 1. The lowest BCUT2D eigenvalue weighted by atomic mass is 9.96. The van der Waals surface area contributed by atoms with Crippen LogP contribution in [-0.2, 0) is 25.6 Å². The zero-order valence-electron chi connectivity index (χ0n) is 20.8. The highest BCUT2D eigenvalue weighted by molar-refractivity contribution is 5.94. The van der Waals surface area contributed by atoms with Crippen molar-refractivity contribution in [2.45, 2.75) is 77.7 Å². The highest BCUT2D eigenvalue weighted by Crippen LogP contribution is 2.14. The Labute approximate surface area is 205 Å². The van der Waals surface area contributed by atoms with Crippen molar-refractivity contribution in [2.75, 3.05) is 0 Å². The number of rotatable bonds is 13. The van der Waals surface area contributed by atoms with E-state index in [9.17, 15) is 34.5 Å². The summed E-state index contributed by atoms with van der Waals surface area (Å²) in [5.41, 5.74) is 6.58. The standard InChI is InChI=1S/C24H38N4O7/c1-6-13(4)19(23(33)28-20(14(5)29)24(34)35)27-21(31)17(26-22(32)18(25)12(2)3)11-15-7-9-16(30)10-8-15/h7-10,12-14,17-20,29-30H,6,11,25H2,1-5H3,(H,26,32)(H,27,31)(H,28,33)(H,34,35). The average molecular weight is 495 g/mol. The second-order valence-electron chi connectivity index (χ2n) is 9.14. The van der Waals surface area contributed by atoms with Gasteiger partial charge < -0.3 is 37.0 Å². The molecule has 0 spiro atoms. The van der Waals surface area contributed by atoms with E-state index >= 15 is 0 Å². The molecular weight excluding hydrogens is 456 g/mol. The van der Waals surface area contributed by atoms with Gasteiger partial charge in [0, 0.05) is 6.42 Å². The first kappa shape index (κ1) is 29.9. The zero-order valence-corrected chi connectivity index (χ0v) is 20.8. The lowest BCUT2D eigenvalue weighted by molar-refractivity contribution is -0.145. The van der Waals surface area contributed by atoms with Crippen LogP contribution in [0.4, 0.5) is 0 Å². The van der Waals surface area contributed by atoms with Crippen LogP contribution in [0.3, 0.4) is 0 Å². The van der Waals surface area contributed by atoms with Gasteiger partial charge >= 0.3 is 5.97 Å². The first-order chi connectivity index (χ1) is 16.3. The number of carboxylic acid groups (broad SMARTS) is 1. The summed E-state index contributed by atoms with van der Waals surface area (Å²) in [4.78, 5) is 50.2. The lowest BCUT2D eigenvalue weighted by Gasteiger charge is -2.29. The molecule has 0 aromatic heterocycles. The highest BCUT2D eigenvalue weighted by Gasteiger charge is 2.34. The maximum atomic E-state index is 13.3. The number of phenolic OH excluding ortho intramolecular Hbond substituents is 1. The summed E-state index contributed by atoms with van der Waals surface area (Å²) >= 11 is 0. The molecule has 3 amide bonds. The summed E-state index contributed by atoms with van der Waals surface area (Å²) < 4.78 is 0. The molecule has 0 heterocycles. The monoisotopic (exact) mass is 494 g/mol. The molecule has 1 aromatic rings. The van der Waals surface area contributed by atoms with Gasteiger partial charge in [0.05, 0.1) is 12.1 Å². The van der Waals surface area contributed by atoms with E-state index in [4.69, 9.17) is 5.73 Å². The van der Waals surface area contributed by atoms with Crippen LogP contribution in [0.15, 0.2) is 24.3 Å². The van der Waals surface area contributed by atoms with Gasteiger partial charge in [-0.1, -0.05) is 46.2 Å². The van der Waals surface area contributed by atoms with Gasteiger partial charge in [-0.3, -0.25) is 14.4 Å². The first-order valence-electron chi connectivity index (χ1n) is 11.6. The topological polar surface area (TPSA) is 191 Å². The van der Waals surface area contributed by atoms with E-state index in [1.807, 2.05) is 0 Å². The summed E-state index contributed by atoms with van der Waals surface area (Å²) in [5.74, 6) is -3.91. The van der Waals surface area contributed by atoms with Crippen LogP contribution in [0.25, 0.3) is 0 Å². The summed E-state index contributed by atoms with van der Waals surface area (Å²) in [5, 5.41) is 36.0. The number of carbonyl (C=O) groups is 4. The Morgan fingerprint density at radius 1 is 0.886 bits per heavy atom. The third kappa shape index (κ3) is 9.18. The molecule has 11 nitrogen and oxygen atoms in total. The van der Waals surface area contributed by atoms with Gasteiger partial charge in [-0.2, -0.15) is 0 Å². The molecule has 6 atom stereocenters. The van der Waals surface area contributed by atoms with E-state index in [1.165, 1.54) is 19.1 Å². The molecule has 0 bridgehead atoms. The first-order valence-corrected chi connectivity index (χ1v) is 11.6. The molecule has 6 unspecified atom stereocenters. The van der Waals surface area contributed by atoms with Gasteiger partial charge in [0.2, 0.25) is 17.7 Å². The number of phenols is 1. The van der Waals surface area contributed by atoms with Gasteiger partial charge in [-0.15, -0.1) is 0 Å². The highest BCUT2D eigenvalue weighted by atomic mass is 16.4. The SMILES string of the molecule is CCC(C)C(NC(=O)C(Cc1ccc(O)cc1)NC(=O)C(N)C(C)C)C(=O)NC(C(=O)O)C(C)O. The Hall–Kier alpha value is -3.18. The summed E-state index contributed by atoms with van der Waals surface area (Å²) in [6.07, 6.45) is -0.815. The third-order valence-electron chi connectivity index (χ3n) is 5.87. The van der Waals surface area contributed by atoms with Crippen molar-refractivity contribution in [3.05, 3.63) is 29.8 Å². The molecule has 0 aliphatic carbocycles. The Balaban J connectivity index is 3.17. The predicted octanol–water partition coefficient (Wildman–Crippen LogP) is -0.116. The number of nitrogens with one attached hydrogen (secondary N) is 3. The number of amides is 3. The van der Waals surface area contributed by atoms with Crippen molar-refractivity contribution in [2.24, 2.45) is 17.6 Å². The van der Waals surface area contributed by atoms with Crippen LogP contribution < -0.4 is 21.7 Å². The van der Waals surface area contributed by atoms with Gasteiger partial charge in [-0.05, 0) is 36.5 Å². The molecule has 0 fully saturated rings. The predicted molar refractivity (Wildman–Crippen MR) is 129 cm³/mol. The molecule has 11 heteroatoms. The van der Waals surface area contributed by atoms with Crippen LogP contribution >= 0.6 is 0 Å². The molecule has 35 heavy (non-hydrogen) atoms. The number of aliphatic hydroxyl groups is 1. The van der Waals surface area contributed by atoms with E-state index < -0.39 is 54.0 Å². The minimum atomic E-state index is -1.55. The molecule has 0 radical (unpaired) electrons. The number of hydrogen-bond acceptors (Lipinski definition) is 7. The van der Waals surface area contributed by atoms with Crippen molar-refractivity contribution in [3.8, 4) is 5.75 Å². The minimum absolute atomic E-state index is 0.0419. The van der Waals surface area contributed by atoms with Gasteiger partial charge in [0.1, 0.15) is 17.8 Å². The van der Waals surface area contributed by atoms with E-state index in [-0.39, 0.29) is 24.0 Å². The van der Waals surface area contributed by atoms with Crippen LogP contribution in [0.1, 0.15) is 46.6 Å². The quantitative estimate of drug-likeness (QED) is 0.197. The van der Waals surface area contributed by atoms with Crippen molar-refractivity contribution in [1.29, 1.82) is 0 Å².